The fourth-order valence-corrected chi connectivity index (χ4v) is 1.49. The number of aromatic amines is 1. The van der Waals surface area contributed by atoms with Gasteiger partial charge in [-0.25, -0.2) is 4.39 Å². The van der Waals surface area contributed by atoms with Crippen LogP contribution in [0.4, 0.5) is 4.39 Å². The molecule has 0 radical (unpaired) electrons. The van der Waals surface area contributed by atoms with Gasteiger partial charge >= 0.3 is 0 Å². The van der Waals surface area contributed by atoms with E-state index in [1.807, 2.05) is 0 Å². The van der Waals surface area contributed by atoms with Gasteiger partial charge in [-0.1, -0.05) is 0 Å². The molecule has 1 aromatic carbocycles. The Balaban J connectivity index is 2.97. The average Bonchev–Trinajstić information content (AvgIpc) is 2.12. The van der Waals surface area contributed by atoms with Crippen molar-refractivity contribution in [2.24, 2.45) is 0 Å². The molecule has 0 bridgehead atoms. The normalized spacial score (nSPS) is 10.6. The molecule has 2 aromatic rings. The van der Waals surface area contributed by atoms with Gasteiger partial charge in [0.2, 0.25) is 5.43 Å². The quantitative estimate of drug-likeness (QED) is 0.756. The topological polar surface area (TPSA) is 32.9 Å². The zero-order valence-corrected chi connectivity index (χ0v) is 8.06. The summed E-state index contributed by atoms with van der Waals surface area (Å²) in [5, 5.41) is 0.356. The van der Waals surface area contributed by atoms with Gasteiger partial charge in [0.05, 0.1) is 4.47 Å². The molecular weight excluding hydrogens is 237 g/mol. The van der Waals surface area contributed by atoms with Crippen LogP contribution in [0, 0.1) is 5.82 Å². The number of rotatable bonds is 0. The molecular formula is C9H5BrFNO. The maximum Gasteiger partial charge on any atom is 0.203 e. The summed E-state index contributed by atoms with van der Waals surface area (Å²) in [6.45, 7) is 0. The van der Waals surface area contributed by atoms with Crippen molar-refractivity contribution in [3.63, 3.8) is 0 Å². The van der Waals surface area contributed by atoms with Gasteiger partial charge in [-0.15, -0.1) is 0 Å². The highest BCUT2D eigenvalue weighted by molar-refractivity contribution is 9.10. The minimum absolute atomic E-state index is 0.201. The van der Waals surface area contributed by atoms with Crippen LogP contribution >= 0.6 is 15.9 Å². The molecule has 0 fully saturated rings. The van der Waals surface area contributed by atoms with Crippen LogP contribution in [0.3, 0.4) is 0 Å². The van der Waals surface area contributed by atoms with Gasteiger partial charge in [0.25, 0.3) is 0 Å². The zero-order valence-electron chi connectivity index (χ0n) is 6.47. The van der Waals surface area contributed by atoms with Gasteiger partial charge < -0.3 is 4.98 Å². The molecule has 66 valence electrons. The highest BCUT2D eigenvalue weighted by Gasteiger charge is 2.02. The SMILES string of the molecule is O=c1c(Br)c[nH]c2ccc(F)cc12. The molecule has 2 nitrogen and oxygen atoms in total. The highest BCUT2D eigenvalue weighted by atomic mass is 79.9. The van der Waals surface area contributed by atoms with Crippen LogP contribution in [0.25, 0.3) is 10.9 Å². The van der Waals surface area contributed by atoms with Crippen LogP contribution < -0.4 is 5.43 Å². The fourth-order valence-electron chi connectivity index (χ4n) is 1.17. The monoisotopic (exact) mass is 241 g/mol. The van der Waals surface area contributed by atoms with E-state index in [0.717, 1.165) is 0 Å². The molecule has 13 heavy (non-hydrogen) atoms. The van der Waals surface area contributed by atoms with Crippen molar-refractivity contribution in [2.75, 3.05) is 0 Å². The van der Waals surface area contributed by atoms with Crippen molar-refractivity contribution in [3.8, 4) is 0 Å². The van der Waals surface area contributed by atoms with Gasteiger partial charge in [0.15, 0.2) is 0 Å². The van der Waals surface area contributed by atoms with E-state index in [-0.39, 0.29) is 5.43 Å². The van der Waals surface area contributed by atoms with E-state index in [2.05, 4.69) is 20.9 Å². The molecule has 2 rings (SSSR count). The summed E-state index contributed by atoms with van der Waals surface area (Å²) in [4.78, 5) is 14.3. The van der Waals surface area contributed by atoms with Crippen LogP contribution in [-0.4, -0.2) is 4.98 Å². The van der Waals surface area contributed by atoms with Crippen molar-refractivity contribution < 1.29 is 4.39 Å². The Hall–Kier alpha value is -1.16. The first-order valence-electron chi connectivity index (χ1n) is 3.65. The predicted octanol–water partition coefficient (Wildman–Crippen LogP) is 2.43. The Morgan fingerprint density at radius 2 is 2.15 bits per heavy atom. The molecule has 0 saturated carbocycles. The first-order valence-corrected chi connectivity index (χ1v) is 4.44. The Morgan fingerprint density at radius 1 is 1.38 bits per heavy atom. The van der Waals surface area contributed by atoms with Crippen molar-refractivity contribution >= 4 is 26.8 Å². The molecule has 1 N–H and O–H groups in total. The van der Waals surface area contributed by atoms with Crippen molar-refractivity contribution in [1.82, 2.24) is 4.98 Å². The number of halogens is 2. The van der Waals surface area contributed by atoms with E-state index >= 15 is 0 Å². The van der Waals surface area contributed by atoms with Crippen LogP contribution in [-0.2, 0) is 0 Å². The second kappa shape index (κ2) is 2.96. The number of pyridine rings is 1. The summed E-state index contributed by atoms with van der Waals surface area (Å²) < 4.78 is 13.2. The number of fused-ring (bicyclic) bond motifs is 1. The lowest BCUT2D eigenvalue weighted by Gasteiger charge is -1.97. The van der Waals surface area contributed by atoms with Crippen LogP contribution in [0.1, 0.15) is 0 Å². The molecule has 0 amide bonds. The minimum atomic E-state index is -0.406. The van der Waals surface area contributed by atoms with Crippen molar-refractivity contribution in [1.29, 1.82) is 0 Å². The Bertz CT molecular complexity index is 515. The van der Waals surface area contributed by atoms with Gasteiger partial charge in [-0.2, -0.15) is 0 Å². The summed E-state index contributed by atoms with van der Waals surface area (Å²) in [5.41, 5.74) is 0.433. The molecule has 0 aliphatic heterocycles. The first kappa shape index (κ1) is 8.44. The molecule has 0 saturated heterocycles. The van der Waals surface area contributed by atoms with Crippen molar-refractivity contribution in [2.45, 2.75) is 0 Å². The Labute approximate surface area is 81.5 Å². The van der Waals surface area contributed by atoms with E-state index < -0.39 is 5.82 Å². The van der Waals surface area contributed by atoms with Gasteiger partial charge in [0, 0.05) is 17.1 Å². The number of H-pyrrole nitrogens is 1. The molecule has 0 spiro atoms. The summed E-state index contributed by atoms with van der Waals surface area (Å²) in [5.74, 6) is -0.406. The van der Waals surface area contributed by atoms with Crippen LogP contribution in [0.5, 0.6) is 0 Å². The van der Waals surface area contributed by atoms with Gasteiger partial charge in [-0.05, 0) is 34.1 Å². The minimum Gasteiger partial charge on any atom is -0.360 e. The summed E-state index contributed by atoms with van der Waals surface area (Å²) in [6.07, 6.45) is 1.54. The molecule has 1 aromatic heterocycles. The second-order valence-electron chi connectivity index (χ2n) is 2.66. The molecule has 0 unspecified atom stereocenters. The number of nitrogens with one attached hydrogen (secondary N) is 1. The van der Waals surface area contributed by atoms with Gasteiger partial charge in [-0.3, -0.25) is 4.79 Å². The Morgan fingerprint density at radius 3 is 2.92 bits per heavy atom. The molecule has 1 heterocycles. The lowest BCUT2D eigenvalue weighted by atomic mass is 10.2. The molecule has 4 heteroatoms. The van der Waals surface area contributed by atoms with Crippen LogP contribution in [0.2, 0.25) is 0 Å². The standard InChI is InChI=1S/C9H5BrFNO/c10-7-4-12-8-2-1-5(11)3-6(8)9(7)13/h1-4H,(H,12,13). The Kier molecular flexibility index (Phi) is 1.92. The van der Waals surface area contributed by atoms with E-state index in [4.69, 9.17) is 0 Å². The second-order valence-corrected chi connectivity index (χ2v) is 3.51. The van der Waals surface area contributed by atoms with E-state index in [1.54, 1.807) is 12.3 Å². The molecule has 0 aliphatic rings. The highest BCUT2D eigenvalue weighted by Crippen LogP contribution is 2.12. The number of hydrogen-bond acceptors (Lipinski definition) is 1. The molecule has 0 aliphatic carbocycles. The molecule has 0 atom stereocenters. The maximum absolute atomic E-state index is 12.8. The summed E-state index contributed by atoms with van der Waals surface area (Å²) >= 11 is 3.07. The number of hydrogen-bond donors (Lipinski definition) is 1. The lowest BCUT2D eigenvalue weighted by molar-refractivity contribution is 0.629. The number of benzene rings is 1. The fraction of sp³-hybridized carbons (Fsp3) is 0. The van der Waals surface area contributed by atoms with Crippen LogP contribution in [0.15, 0.2) is 33.7 Å². The summed E-state index contributed by atoms with van der Waals surface area (Å²) in [7, 11) is 0. The average molecular weight is 242 g/mol. The van der Waals surface area contributed by atoms with E-state index in [0.29, 0.717) is 15.4 Å². The van der Waals surface area contributed by atoms with Crippen molar-refractivity contribution in [3.05, 3.63) is 44.9 Å². The smallest absolute Gasteiger partial charge is 0.203 e. The third kappa shape index (κ3) is 1.37. The summed E-state index contributed by atoms with van der Waals surface area (Å²) in [6, 6.07) is 4.07. The maximum atomic E-state index is 12.8. The number of aromatic nitrogens is 1. The zero-order chi connectivity index (χ0) is 9.42. The largest absolute Gasteiger partial charge is 0.360 e. The third-order valence-corrected chi connectivity index (χ3v) is 2.39. The predicted molar refractivity (Wildman–Crippen MR) is 52.2 cm³/mol. The first-order chi connectivity index (χ1) is 6.18. The lowest BCUT2D eigenvalue weighted by Crippen LogP contribution is -2.03. The van der Waals surface area contributed by atoms with E-state index in [1.165, 1.54) is 12.1 Å². The van der Waals surface area contributed by atoms with Gasteiger partial charge in [0.1, 0.15) is 5.82 Å². The third-order valence-electron chi connectivity index (χ3n) is 1.80. The van der Waals surface area contributed by atoms with E-state index in [9.17, 15) is 9.18 Å².